The number of hydrogen-bond donors (Lipinski definition) is 4. The van der Waals surface area contributed by atoms with E-state index in [9.17, 15) is 24.3 Å². The third-order valence-corrected chi connectivity index (χ3v) is 5.52. The number of alkyl carbamates (subject to hydrolysis) is 1. The van der Waals surface area contributed by atoms with Gasteiger partial charge in [0.1, 0.15) is 23.4 Å². The fourth-order valence-corrected chi connectivity index (χ4v) is 3.68. The first-order valence-corrected chi connectivity index (χ1v) is 11.9. The van der Waals surface area contributed by atoms with Crippen molar-refractivity contribution in [2.45, 2.75) is 64.8 Å². The first-order valence-electron chi connectivity index (χ1n) is 11.9. The Bertz CT molecular complexity index is 1110. The standard InChI is InChI=1S/C27H36N4O6/c1-17-10-9-13-19(23(17)33)22(24(34)29-16-18-11-7-6-8-12-18)31(5)25(35)20(14-15-21(28)32)30-26(36)37-27(2,3)4/h6-13,20,22,33H,14-16H2,1-5H3,(H2,28,32)(H,29,34)(H,30,36). The molecular weight excluding hydrogens is 476 g/mol. The second kappa shape index (κ2) is 12.8. The summed E-state index contributed by atoms with van der Waals surface area (Å²) in [6, 6.07) is 11.7. The van der Waals surface area contributed by atoms with Crippen LogP contribution in [0.3, 0.4) is 0 Å². The normalized spacial score (nSPS) is 12.7. The van der Waals surface area contributed by atoms with E-state index in [4.69, 9.17) is 10.5 Å². The number of nitrogens with zero attached hydrogens (tertiary/aromatic N) is 1. The number of carbonyl (C=O) groups is 4. The fourth-order valence-electron chi connectivity index (χ4n) is 3.68. The van der Waals surface area contributed by atoms with Gasteiger partial charge < -0.3 is 31.1 Å². The van der Waals surface area contributed by atoms with E-state index in [2.05, 4.69) is 10.6 Å². The Kier molecular flexibility index (Phi) is 10.0. The maximum atomic E-state index is 13.6. The smallest absolute Gasteiger partial charge is 0.408 e. The monoisotopic (exact) mass is 512 g/mol. The zero-order valence-electron chi connectivity index (χ0n) is 21.9. The minimum atomic E-state index is -1.23. The number of rotatable bonds is 10. The van der Waals surface area contributed by atoms with Crippen molar-refractivity contribution in [2.24, 2.45) is 5.73 Å². The Labute approximate surface area is 217 Å². The summed E-state index contributed by atoms with van der Waals surface area (Å²) in [5.41, 5.74) is 6.05. The van der Waals surface area contributed by atoms with Gasteiger partial charge in [-0.2, -0.15) is 0 Å². The van der Waals surface area contributed by atoms with Crippen LogP contribution in [-0.2, 0) is 25.7 Å². The highest BCUT2D eigenvalue weighted by Gasteiger charge is 2.35. The Morgan fingerprint density at radius 3 is 2.30 bits per heavy atom. The first kappa shape index (κ1) is 29.2. The maximum absolute atomic E-state index is 13.6. The molecular formula is C27H36N4O6. The van der Waals surface area contributed by atoms with Crippen LogP contribution in [0.4, 0.5) is 4.79 Å². The van der Waals surface area contributed by atoms with Crippen molar-refractivity contribution in [2.75, 3.05) is 7.05 Å². The summed E-state index contributed by atoms with van der Waals surface area (Å²) in [7, 11) is 1.39. The molecule has 2 unspecified atom stereocenters. The van der Waals surface area contributed by atoms with Gasteiger partial charge in [-0.1, -0.05) is 48.5 Å². The van der Waals surface area contributed by atoms with Crippen LogP contribution in [0, 0.1) is 6.92 Å². The van der Waals surface area contributed by atoms with Gasteiger partial charge in [0.25, 0.3) is 0 Å². The van der Waals surface area contributed by atoms with Gasteiger partial charge >= 0.3 is 6.09 Å². The topological polar surface area (TPSA) is 151 Å². The molecule has 5 N–H and O–H groups in total. The predicted octanol–water partition coefficient (Wildman–Crippen LogP) is 2.68. The number of carbonyl (C=O) groups excluding carboxylic acids is 4. The Morgan fingerprint density at radius 2 is 1.70 bits per heavy atom. The summed E-state index contributed by atoms with van der Waals surface area (Å²) in [6.45, 7) is 6.90. The van der Waals surface area contributed by atoms with Crippen molar-refractivity contribution in [3.8, 4) is 5.75 Å². The number of aromatic hydroxyl groups is 1. The number of phenols is 1. The van der Waals surface area contributed by atoms with Gasteiger partial charge in [-0.25, -0.2) is 4.79 Å². The number of phenolic OH excluding ortho intramolecular Hbond substituents is 1. The number of amides is 4. The minimum Gasteiger partial charge on any atom is -0.507 e. The molecule has 0 spiro atoms. The molecule has 10 nitrogen and oxygen atoms in total. The summed E-state index contributed by atoms with van der Waals surface area (Å²) in [5.74, 6) is -1.98. The SMILES string of the molecule is Cc1cccc(C(C(=O)NCc2ccccc2)N(C)C(=O)C(CCC(N)=O)NC(=O)OC(C)(C)C)c1O. The molecule has 0 bridgehead atoms. The van der Waals surface area contributed by atoms with Crippen molar-refractivity contribution in [3.05, 3.63) is 65.2 Å². The molecule has 37 heavy (non-hydrogen) atoms. The molecule has 10 heteroatoms. The third kappa shape index (κ3) is 8.82. The first-order chi connectivity index (χ1) is 17.3. The minimum absolute atomic E-state index is 0.101. The Morgan fingerprint density at radius 1 is 1.05 bits per heavy atom. The number of likely N-dealkylation sites (N-methyl/N-ethyl adjacent to an activating group) is 1. The molecule has 4 amide bonds. The number of hydrogen-bond acceptors (Lipinski definition) is 6. The zero-order valence-corrected chi connectivity index (χ0v) is 21.9. The molecule has 200 valence electrons. The zero-order chi connectivity index (χ0) is 27.8. The van der Waals surface area contributed by atoms with Crippen molar-refractivity contribution in [3.63, 3.8) is 0 Å². The van der Waals surface area contributed by atoms with Gasteiger partial charge in [-0.15, -0.1) is 0 Å². The van der Waals surface area contributed by atoms with E-state index in [1.165, 1.54) is 7.05 Å². The van der Waals surface area contributed by atoms with Crippen molar-refractivity contribution < 1.29 is 29.0 Å². The number of primary amides is 1. The van der Waals surface area contributed by atoms with Crippen LogP contribution in [0.15, 0.2) is 48.5 Å². The molecule has 0 radical (unpaired) electrons. The molecule has 0 saturated carbocycles. The highest BCUT2D eigenvalue weighted by atomic mass is 16.6. The van der Waals surface area contributed by atoms with Gasteiger partial charge in [0, 0.05) is 25.6 Å². The largest absolute Gasteiger partial charge is 0.507 e. The van der Waals surface area contributed by atoms with Gasteiger partial charge in [-0.05, 0) is 45.2 Å². The molecule has 0 aliphatic carbocycles. The summed E-state index contributed by atoms with van der Waals surface area (Å²) in [4.78, 5) is 52.0. The van der Waals surface area contributed by atoms with Gasteiger partial charge in [0.05, 0.1) is 0 Å². The number of ether oxygens (including phenoxy) is 1. The lowest BCUT2D eigenvalue weighted by Gasteiger charge is -2.32. The van der Waals surface area contributed by atoms with E-state index in [0.29, 0.717) is 5.56 Å². The molecule has 2 atom stereocenters. The number of nitrogens with one attached hydrogen (secondary N) is 2. The number of para-hydroxylation sites is 1. The van der Waals surface area contributed by atoms with Crippen LogP contribution in [-0.4, -0.2) is 52.5 Å². The van der Waals surface area contributed by atoms with E-state index in [0.717, 1.165) is 10.5 Å². The van der Waals surface area contributed by atoms with E-state index < -0.39 is 41.5 Å². The van der Waals surface area contributed by atoms with Crippen molar-refractivity contribution in [1.29, 1.82) is 0 Å². The van der Waals surface area contributed by atoms with Crippen LogP contribution in [0.2, 0.25) is 0 Å². The third-order valence-electron chi connectivity index (χ3n) is 5.52. The molecule has 2 rings (SSSR count). The Hall–Kier alpha value is -4.08. The molecule has 2 aromatic carbocycles. The van der Waals surface area contributed by atoms with E-state index >= 15 is 0 Å². The number of aryl methyl sites for hydroxylation is 1. The Balaban J connectivity index is 2.38. The summed E-state index contributed by atoms with van der Waals surface area (Å²) >= 11 is 0. The second-order valence-electron chi connectivity index (χ2n) is 9.77. The predicted molar refractivity (Wildman–Crippen MR) is 138 cm³/mol. The quantitative estimate of drug-likeness (QED) is 0.384. The van der Waals surface area contributed by atoms with Crippen LogP contribution in [0.5, 0.6) is 5.75 Å². The van der Waals surface area contributed by atoms with Crippen LogP contribution < -0.4 is 16.4 Å². The average Bonchev–Trinajstić information content (AvgIpc) is 2.82. The average molecular weight is 513 g/mol. The summed E-state index contributed by atoms with van der Waals surface area (Å²) < 4.78 is 5.26. The van der Waals surface area contributed by atoms with Gasteiger partial charge in [-0.3, -0.25) is 14.4 Å². The fraction of sp³-hybridized carbons (Fsp3) is 0.407. The highest BCUT2D eigenvalue weighted by Crippen LogP contribution is 2.31. The number of nitrogens with two attached hydrogens (primary N) is 1. The maximum Gasteiger partial charge on any atom is 0.408 e. The molecule has 0 fully saturated rings. The van der Waals surface area contributed by atoms with E-state index in [1.807, 2.05) is 30.3 Å². The lowest BCUT2D eigenvalue weighted by molar-refractivity contribution is -0.141. The molecule has 0 saturated heterocycles. The molecule has 0 aliphatic heterocycles. The van der Waals surface area contributed by atoms with Crippen molar-refractivity contribution in [1.82, 2.24) is 15.5 Å². The molecule has 2 aromatic rings. The van der Waals surface area contributed by atoms with Gasteiger partial charge in [0.2, 0.25) is 17.7 Å². The second-order valence-corrected chi connectivity index (χ2v) is 9.77. The lowest BCUT2D eigenvalue weighted by Crippen LogP contribution is -2.51. The summed E-state index contributed by atoms with van der Waals surface area (Å²) in [5, 5.41) is 16.0. The van der Waals surface area contributed by atoms with E-state index in [-0.39, 0.29) is 30.7 Å². The highest BCUT2D eigenvalue weighted by molar-refractivity contribution is 5.92. The van der Waals surface area contributed by atoms with Crippen LogP contribution >= 0.6 is 0 Å². The van der Waals surface area contributed by atoms with Gasteiger partial charge in [0.15, 0.2) is 0 Å². The van der Waals surface area contributed by atoms with Crippen molar-refractivity contribution >= 4 is 23.8 Å². The summed E-state index contributed by atoms with van der Waals surface area (Å²) in [6.07, 6.45) is -1.14. The van der Waals surface area contributed by atoms with Crippen LogP contribution in [0.25, 0.3) is 0 Å². The number of benzene rings is 2. The molecule has 0 aliphatic rings. The molecule has 0 heterocycles. The van der Waals surface area contributed by atoms with Crippen LogP contribution in [0.1, 0.15) is 56.3 Å². The molecule has 0 aromatic heterocycles. The van der Waals surface area contributed by atoms with E-state index in [1.54, 1.807) is 45.9 Å². The lowest BCUT2D eigenvalue weighted by atomic mass is 9.99.